The summed E-state index contributed by atoms with van der Waals surface area (Å²) in [6, 6.07) is 3.62. The average Bonchev–Trinajstić information content (AvgIpc) is 3.13. The maximum atomic E-state index is 13.2. The minimum atomic E-state index is -0.913. The van der Waals surface area contributed by atoms with Crippen molar-refractivity contribution in [3.63, 3.8) is 0 Å². The fourth-order valence-electron chi connectivity index (χ4n) is 2.39. The lowest BCUT2D eigenvalue weighted by atomic mass is 10.1. The molecule has 0 aliphatic heterocycles. The van der Waals surface area contributed by atoms with Gasteiger partial charge in [-0.2, -0.15) is 0 Å². The van der Waals surface area contributed by atoms with Crippen LogP contribution in [0.4, 0.5) is 13.9 Å². The van der Waals surface area contributed by atoms with Crippen molar-refractivity contribution in [1.29, 1.82) is 0 Å². The summed E-state index contributed by atoms with van der Waals surface area (Å²) < 4.78 is 26.2. The number of hydrogen-bond donors (Lipinski definition) is 1. The largest absolute Gasteiger partial charge is 0.302 e. The van der Waals surface area contributed by atoms with Gasteiger partial charge in [0, 0.05) is 17.4 Å². The molecule has 2 aromatic rings. The topological polar surface area (TPSA) is 42.0 Å². The number of allylic oxidation sites excluding steroid dienone is 2. The fraction of sp³-hybridized carbons (Fsp3) is 0.250. The summed E-state index contributed by atoms with van der Waals surface area (Å²) in [5, 5.41) is 4.92. The number of thiazole rings is 1. The number of halogens is 2. The third kappa shape index (κ3) is 3.39. The smallest absolute Gasteiger partial charge is 0.226 e. The van der Waals surface area contributed by atoms with Gasteiger partial charge in [-0.25, -0.2) is 13.8 Å². The summed E-state index contributed by atoms with van der Waals surface area (Å²) in [6.45, 7) is 0. The van der Waals surface area contributed by atoms with Crippen molar-refractivity contribution < 1.29 is 13.6 Å². The SMILES string of the molecule is O=C(C[C@H]1C=CCC1)Nc1nc(-c2ccc(F)c(F)c2)cs1. The minimum Gasteiger partial charge on any atom is -0.302 e. The Labute approximate surface area is 130 Å². The maximum absolute atomic E-state index is 13.2. The van der Waals surface area contributed by atoms with Crippen LogP contribution in [-0.2, 0) is 4.79 Å². The van der Waals surface area contributed by atoms with Crippen LogP contribution in [-0.4, -0.2) is 10.9 Å². The summed E-state index contributed by atoms with van der Waals surface area (Å²) in [4.78, 5) is 16.2. The number of carbonyl (C=O) groups is 1. The number of nitrogens with one attached hydrogen (secondary N) is 1. The van der Waals surface area contributed by atoms with Gasteiger partial charge in [0.1, 0.15) is 0 Å². The molecule has 0 saturated heterocycles. The number of aromatic nitrogens is 1. The molecule has 1 N–H and O–H groups in total. The Morgan fingerprint density at radius 3 is 2.95 bits per heavy atom. The Kier molecular flexibility index (Phi) is 4.29. The van der Waals surface area contributed by atoms with E-state index in [0.717, 1.165) is 25.0 Å². The van der Waals surface area contributed by atoms with E-state index in [1.165, 1.54) is 17.4 Å². The van der Waals surface area contributed by atoms with Gasteiger partial charge in [-0.15, -0.1) is 11.3 Å². The third-order valence-corrected chi connectivity index (χ3v) is 4.28. The first-order valence-electron chi connectivity index (χ1n) is 6.99. The predicted octanol–water partition coefficient (Wildman–Crippen LogP) is 4.38. The number of rotatable bonds is 4. The Morgan fingerprint density at radius 1 is 1.36 bits per heavy atom. The van der Waals surface area contributed by atoms with E-state index in [1.807, 2.05) is 0 Å². The van der Waals surface area contributed by atoms with Crippen LogP contribution in [0.5, 0.6) is 0 Å². The molecular formula is C16H14F2N2OS. The van der Waals surface area contributed by atoms with Gasteiger partial charge in [-0.1, -0.05) is 12.2 Å². The first-order chi connectivity index (χ1) is 10.6. The third-order valence-electron chi connectivity index (χ3n) is 3.53. The Morgan fingerprint density at radius 2 is 2.23 bits per heavy atom. The number of anilines is 1. The van der Waals surface area contributed by atoms with Crippen LogP contribution >= 0.6 is 11.3 Å². The molecule has 1 atom stereocenters. The van der Waals surface area contributed by atoms with Crippen LogP contribution < -0.4 is 5.32 Å². The first-order valence-corrected chi connectivity index (χ1v) is 7.87. The predicted molar refractivity (Wildman–Crippen MR) is 82.6 cm³/mol. The molecule has 0 fully saturated rings. The molecule has 0 unspecified atom stereocenters. The second-order valence-corrected chi connectivity index (χ2v) is 6.04. The summed E-state index contributed by atoms with van der Waals surface area (Å²) in [5.41, 5.74) is 0.995. The summed E-state index contributed by atoms with van der Waals surface area (Å²) in [7, 11) is 0. The highest BCUT2D eigenvalue weighted by Gasteiger charge is 2.15. The molecule has 1 aromatic carbocycles. The molecule has 1 amide bonds. The Balaban J connectivity index is 1.66. The summed E-state index contributed by atoms with van der Waals surface area (Å²) >= 11 is 1.26. The molecule has 0 saturated carbocycles. The van der Waals surface area contributed by atoms with Crippen LogP contribution in [0.2, 0.25) is 0 Å². The summed E-state index contributed by atoms with van der Waals surface area (Å²) in [5.74, 6) is -1.59. The highest BCUT2D eigenvalue weighted by Crippen LogP contribution is 2.27. The van der Waals surface area contributed by atoms with E-state index in [-0.39, 0.29) is 5.91 Å². The number of nitrogens with zero attached hydrogens (tertiary/aromatic N) is 1. The zero-order valence-corrected chi connectivity index (χ0v) is 12.5. The standard InChI is InChI=1S/C16H14F2N2OS/c17-12-6-5-11(8-13(12)18)14-9-22-16(19-14)20-15(21)7-10-3-1-2-4-10/h1,3,5-6,8-10H,2,4,7H2,(H,19,20,21)/t10-/m0/s1. The van der Waals surface area contributed by atoms with Crippen LogP contribution in [0.25, 0.3) is 11.3 Å². The molecular weight excluding hydrogens is 306 g/mol. The quantitative estimate of drug-likeness (QED) is 0.849. The number of hydrogen-bond acceptors (Lipinski definition) is 3. The van der Waals surface area contributed by atoms with E-state index in [4.69, 9.17) is 0 Å². The maximum Gasteiger partial charge on any atom is 0.226 e. The van der Waals surface area contributed by atoms with Gasteiger partial charge in [0.15, 0.2) is 16.8 Å². The van der Waals surface area contributed by atoms with Crippen molar-refractivity contribution in [2.75, 3.05) is 5.32 Å². The minimum absolute atomic E-state index is 0.0808. The number of carbonyl (C=O) groups excluding carboxylic acids is 1. The van der Waals surface area contributed by atoms with Crippen molar-refractivity contribution in [2.45, 2.75) is 19.3 Å². The van der Waals surface area contributed by atoms with Crippen molar-refractivity contribution in [1.82, 2.24) is 4.98 Å². The zero-order valence-electron chi connectivity index (χ0n) is 11.7. The second-order valence-electron chi connectivity index (χ2n) is 5.18. The molecule has 6 heteroatoms. The molecule has 1 aliphatic carbocycles. The van der Waals surface area contributed by atoms with Crippen molar-refractivity contribution in [3.8, 4) is 11.3 Å². The molecule has 0 spiro atoms. The van der Waals surface area contributed by atoms with E-state index in [9.17, 15) is 13.6 Å². The van der Waals surface area contributed by atoms with Gasteiger partial charge in [0.25, 0.3) is 0 Å². The highest BCUT2D eigenvalue weighted by atomic mass is 32.1. The second kappa shape index (κ2) is 6.36. The molecule has 1 heterocycles. The molecule has 3 rings (SSSR count). The van der Waals surface area contributed by atoms with E-state index < -0.39 is 11.6 Å². The van der Waals surface area contributed by atoms with E-state index >= 15 is 0 Å². The van der Waals surface area contributed by atoms with Gasteiger partial charge in [-0.05, 0) is 37.0 Å². The van der Waals surface area contributed by atoms with Gasteiger partial charge in [0.2, 0.25) is 5.91 Å². The van der Waals surface area contributed by atoms with Crippen molar-refractivity contribution in [2.24, 2.45) is 5.92 Å². The van der Waals surface area contributed by atoms with E-state index in [0.29, 0.717) is 28.7 Å². The molecule has 0 radical (unpaired) electrons. The Bertz CT molecular complexity index is 727. The fourth-order valence-corrected chi connectivity index (χ4v) is 3.13. The number of benzene rings is 1. The van der Waals surface area contributed by atoms with Gasteiger partial charge >= 0.3 is 0 Å². The lowest BCUT2D eigenvalue weighted by Gasteiger charge is -2.06. The van der Waals surface area contributed by atoms with Crippen LogP contribution in [0.3, 0.4) is 0 Å². The van der Waals surface area contributed by atoms with Gasteiger partial charge < -0.3 is 5.32 Å². The normalized spacial score (nSPS) is 16.9. The van der Waals surface area contributed by atoms with Gasteiger partial charge in [0.05, 0.1) is 5.69 Å². The van der Waals surface area contributed by atoms with E-state index in [2.05, 4.69) is 22.5 Å². The molecule has 0 bridgehead atoms. The molecule has 114 valence electrons. The van der Waals surface area contributed by atoms with Crippen molar-refractivity contribution in [3.05, 3.63) is 47.4 Å². The van der Waals surface area contributed by atoms with Crippen LogP contribution in [0, 0.1) is 17.6 Å². The first kappa shape index (κ1) is 14.8. The monoisotopic (exact) mass is 320 g/mol. The molecule has 1 aliphatic rings. The lowest BCUT2D eigenvalue weighted by molar-refractivity contribution is -0.116. The van der Waals surface area contributed by atoms with Crippen LogP contribution in [0.1, 0.15) is 19.3 Å². The van der Waals surface area contributed by atoms with Crippen molar-refractivity contribution >= 4 is 22.4 Å². The average molecular weight is 320 g/mol. The van der Waals surface area contributed by atoms with Crippen LogP contribution in [0.15, 0.2) is 35.7 Å². The molecule has 1 aromatic heterocycles. The Hall–Kier alpha value is -2.08. The molecule has 3 nitrogen and oxygen atoms in total. The lowest BCUT2D eigenvalue weighted by Crippen LogP contribution is -2.14. The summed E-state index contributed by atoms with van der Waals surface area (Å²) in [6.07, 6.45) is 6.62. The number of amides is 1. The molecule has 22 heavy (non-hydrogen) atoms. The van der Waals surface area contributed by atoms with E-state index in [1.54, 1.807) is 5.38 Å². The zero-order chi connectivity index (χ0) is 15.5. The van der Waals surface area contributed by atoms with Gasteiger partial charge in [-0.3, -0.25) is 4.79 Å². The highest BCUT2D eigenvalue weighted by molar-refractivity contribution is 7.14.